The van der Waals surface area contributed by atoms with Crippen LogP contribution in [0, 0.1) is 6.92 Å². The Kier molecular flexibility index (Phi) is 8.50. The number of benzene rings is 2. The van der Waals surface area contributed by atoms with Gasteiger partial charge in [0.1, 0.15) is 11.5 Å². The summed E-state index contributed by atoms with van der Waals surface area (Å²) in [6.07, 6.45) is 3.42. The molecule has 0 N–H and O–H groups in total. The quantitative estimate of drug-likeness (QED) is 0.356. The summed E-state index contributed by atoms with van der Waals surface area (Å²) in [5.41, 5.74) is 3.02. The van der Waals surface area contributed by atoms with Crippen LogP contribution in [0.15, 0.2) is 81.1 Å². The van der Waals surface area contributed by atoms with Gasteiger partial charge in [0.2, 0.25) is 0 Å². The molecule has 6 heteroatoms. The Bertz CT molecular complexity index is 815. The van der Waals surface area contributed by atoms with E-state index in [0.29, 0.717) is 11.5 Å². The maximum atomic E-state index is 5.65. The Hall–Kier alpha value is -1.84. The molecule has 0 radical (unpaired) electrons. The Morgan fingerprint density at radius 3 is 1.76 bits per heavy atom. The van der Waals surface area contributed by atoms with E-state index in [1.165, 1.54) is 5.56 Å². The van der Waals surface area contributed by atoms with Crippen LogP contribution < -0.4 is 0 Å². The SMILES string of the molecule is Cc1ccc(N=Cc2ccc(C=Nc3ccccc3)o2)cc1.[Cl][Fe][Cl]. The number of para-hydroxylation sites is 1. The van der Waals surface area contributed by atoms with Gasteiger partial charge in [0.15, 0.2) is 0 Å². The van der Waals surface area contributed by atoms with Crippen LogP contribution in [0.3, 0.4) is 0 Å². The molecule has 0 aliphatic carbocycles. The Balaban J connectivity index is 0.000000701. The summed E-state index contributed by atoms with van der Waals surface area (Å²) < 4.78 is 5.65. The molecule has 0 saturated carbocycles. The molecule has 0 atom stereocenters. The summed E-state index contributed by atoms with van der Waals surface area (Å²) >= 11 is 0.194. The fraction of sp³-hybridized carbons (Fsp3) is 0.0526. The molecule has 2 aromatic carbocycles. The van der Waals surface area contributed by atoms with Crippen molar-refractivity contribution in [3.05, 3.63) is 83.8 Å². The monoisotopic (exact) mass is 414 g/mol. The van der Waals surface area contributed by atoms with Gasteiger partial charge in [-0.05, 0) is 43.3 Å². The third-order valence-corrected chi connectivity index (χ3v) is 3.12. The Morgan fingerprint density at radius 1 is 0.760 bits per heavy atom. The maximum absolute atomic E-state index is 5.65. The molecule has 0 fully saturated rings. The number of hydrogen-bond acceptors (Lipinski definition) is 3. The minimum atomic E-state index is 0.194. The van der Waals surface area contributed by atoms with Crippen LogP contribution in [0.25, 0.3) is 0 Å². The fourth-order valence-corrected chi connectivity index (χ4v) is 1.93. The summed E-state index contributed by atoms with van der Waals surface area (Å²) in [7, 11) is 9.53. The molecule has 0 spiro atoms. The standard InChI is InChI=1S/C19H16N2O.2ClH.Fe/c1-15-7-9-17(10-8-15)21-14-19-12-11-18(22-19)13-20-16-5-3-2-4-6-16;;;/h2-14H,1H3;2*1H;/q;;;+2/p-2. The first-order valence-electron chi connectivity index (χ1n) is 7.36. The normalized spacial score (nSPS) is 11.0. The zero-order valence-corrected chi connectivity index (χ0v) is 16.0. The molecular formula is C19H16Cl2FeN2O. The molecule has 0 aliphatic heterocycles. The van der Waals surface area contributed by atoms with E-state index in [-0.39, 0.29) is 13.1 Å². The topological polar surface area (TPSA) is 37.9 Å². The van der Waals surface area contributed by atoms with Crippen molar-refractivity contribution < 1.29 is 17.6 Å². The third kappa shape index (κ3) is 7.29. The van der Waals surface area contributed by atoms with Crippen molar-refractivity contribution in [2.24, 2.45) is 9.98 Å². The van der Waals surface area contributed by atoms with Crippen molar-refractivity contribution in [1.29, 1.82) is 0 Å². The molecule has 0 amide bonds. The van der Waals surface area contributed by atoms with Crippen molar-refractivity contribution in [3.63, 3.8) is 0 Å². The number of rotatable bonds is 4. The molecule has 1 heterocycles. The first kappa shape index (κ1) is 19.5. The van der Waals surface area contributed by atoms with E-state index in [4.69, 9.17) is 24.6 Å². The molecule has 0 bridgehead atoms. The molecule has 25 heavy (non-hydrogen) atoms. The Labute approximate surface area is 162 Å². The molecular weight excluding hydrogens is 399 g/mol. The van der Waals surface area contributed by atoms with Gasteiger partial charge in [-0.3, -0.25) is 9.98 Å². The van der Waals surface area contributed by atoms with Crippen molar-refractivity contribution in [2.45, 2.75) is 6.92 Å². The first-order valence-corrected chi connectivity index (χ1v) is 10.4. The minimum absolute atomic E-state index is 0.194. The Morgan fingerprint density at radius 2 is 1.24 bits per heavy atom. The fourth-order valence-electron chi connectivity index (χ4n) is 1.93. The summed E-state index contributed by atoms with van der Waals surface area (Å²) in [5.74, 6) is 1.41. The molecule has 3 nitrogen and oxygen atoms in total. The van der Waals surface area contributed by atoms with Crippen LogP contribution in [-0.2, 0) is 13.1 Å². The molecule has 0 saturated heterocycles. The van der Waals surface area contributed by atoms with E-state index >= 15 is 0 Å². The van der Waals surface area contributed by atoms with Gasteiger partial charge in [-0.25, -0.2) is 0 Å². The zero-order valence-electron chi connectivity index (χ0n) is 13.4. The van der Waals surface area contributed by atoms with E-state index in [1.807, 2.05) is 66.7 Å². The molecule has 0 unspecified atom stereocenters. The van der Waals surface area contributed by atoms with Gasteiger partial charge in [0, 0.05) is 0 Å². The first-order chi connectivity index (χ1) is 12.2. The summed E-state index contributed by atoms with van der Waals surface area (Å²) in [6.45, 7) is 2.05. The molecule has 0 aliphatic rings. The van der Waals surface area contributed by atoms with Crippen LogP contribution in [0.5, 0.6) is 0 Å². The van der Waals surface area contributed by atoms with Crippen molar-refractivity contribution in [2.75, 3.05) is 0 Å². The second-order valence-corrected chi connectivity index (χ2v) is 6.80. The van der Waals surface area contributed by atoms with Crippen LogP contribution in [0.1, 0.15) is 17.1 Å². The van der Waals surface area contributed by atoms with Gasteiger partial charge in [0.25, 0.3) is 0 Å². The second-order valence-electron chi connectivity index (χ2n) is 4.98. The average Bonchev–Trinajstić information content (AvgIpc) is 3.09. The molecule has 130 valence electrons. The number of nitrogens with zero attached hydrogens (tertiary/aromatic N) is 2. The number of hydrogen-bond donors (Lipinski definition) is 0. The number of halogens is 2. The predicted octanol–water partition coefficient (Wildman–Crippen LogP) is 6.47. The van der Waals surface area contributed by atoms with Crippen LogP contribution in [0.2, 0.25) is 0 Å². The van der Waals surface area contributed by atoms with Gasteiger partial charge < -0.3 is 4.42 Å². The van der Waals surface area contributed by atoms with Crippen LogP contribution >= 0.6 is 20.2 Å². The van der Waals surface area contributed by atoms with E-state index < -0.39 is 0 Å². The van der Waals surface area contributed by atoms with Crippen LogP contribution in [0.4, 0.5) is 11.4 Å². The van der Waals surface area contributed by atoms with Gasteiger partial charge >= 0.3 is 33.3 Å². The molecule has 3 rings (SSSR count). The van der Waals surface area contributed by atoms with Gasteiger partial charge in [-0.15, -0.1) is 0 Å². The van der Waals surface area contributed by atoms with Gasteiger partial charge in [0.05, 0.1) is 23.8 Å². The van der Waals surface area contributed by atoms with Gasteiger partial charge in [-0.2, -0.15) is 0 Å². The van der Waals surface area contributed by atoms with Crippen molar-refractivity contribution in [3.8, 4) is 0 Å². The molecule has 3 aromatic rings. The number of aryl methyl sites for hydroxylation is 1. The van der Waals surface area contributed by atoms with E-state index in [0.717, 1.165) is 11.4 Å². The number of furan rings is 1. The van der Waals surface area contributed by atoms with E-state index in [1.54, 1.807) is 12.4 Å². The second kappa shape index (κ2) is 10.9. The summed E-state index contributed by atoms with van der Waals surface area (Å²) in [4.78, 5) is 8.74. The summed E-state index contributed by atoms with van der Waals surface area (Å²) in [6, 6.07) is 21.5. The van der Waals surface area contributed by atoms with E-state index in [9.17, 15) is 0 Å². The predicted molar refractivity (Wildman–Crippen MR) is 103 cm³/mol. The summed E-state index contributed by atoms with van der Waals surface area (Å²) in [5, 5.41) is 0. The van der Waals surface area contributed by atoms with Gasteiger partial charge in [-0.1, -0.05) is 35.9 Å². The zero-order chi connectivity index (χ0) is 17.9. The average molecular weight is 415 g/mol. The third-order valence-electron chi connectivity index (χ3n) is 3.12. The van der Waals surface area contributed by atoms with Crippen molar-refractivity contribution >= 4 is 44.0 Å². The van der Waals surface area contributed by atoms with Crippen molar-refractivity contribution in [1.82, 2.24) is 0 Å². The van der Waals surface area contributed by atoms with E-state index in [2.05, 4.69) is 16.9 Å². The van der Waals surface area contributed by atoms with Crippen LogP contribution in [-0.4, -0.2) is 12.4 Å². The number of aliphatic imine (C=N–C) groups is 2. The molecule has 1 aromatic heterocycles.